The molecule has 1 N–H and O–H groups in total. The number of anilines is 1. The van der Waals surface area contributed by atoms with Gasteiger partial charge in [0.05, 0.1) is 5.25 Å². The molecule has 0 aromatic heterocycles. The minimum absolute atomic E-state index is 0.0225. The number of carbonyl (C=O) groups is 1. The molecule has 0 heterocycles. The lowest BCUT2D eigenvalue weighted by molar-refractivity contribution is -0.115. The van der Waals surface area contributed by atoms with E-state index in [-0.39, 0.29) is 11.2 Å². The molecule has 1 unspecified atom stereocenters. The molecule has 0 aliphatic rings. The average molecular weight is 299 g/mol. The van der Waals surface area contributed by atoms with E-state index in [1.807, 2.05) is 49.4 Å². The van der Waals surface area contributed by atoms with Crippen molar-refractivity contribution in [1.82, 2.24) is 0 Å². The summed E-state index contributed by atoms with van der Waals surface area (Å²) in [6.07, 6.45) is 0.829. The van der Waals surface area contributed by atoms with Crippen LogP contribution in [0.15, 0.2) is 54.6 Å². The van der Waals surface area contributed by atoms with Gasteiger partial charge in [-0.25, -0.2) is 0 Å². The van der Waals surface area contributed by atoms with E-state index in [0.717, 1.165) is 23.4 Å². The van der Waals surface area contributed by atoms with Gasteiger partial charge in [-0.15, -0.1) is 11.8 Å². The summed E-state index contributed by atoms with van der Waals surface area (Å²) in [4.78, 5) is 12.3. The third-order valence-electron chi connectivity index (χ3n) is 3.24. The summed E-state index contributed by atoms with van der Waals surface area (Å²) >= 11 is 1.69. The Morgan fingerprint density at radius 2 is 1.90 bits per heavy atom. The molecule has 0 fully saturated rings. The lowest BCUT2D eigenvalue weighted by Gasteiger charge is -2.15. The van der Waals surface area contributed by atoms with E-state index in [1.165, 1.54) is 5.56 Å². The molecule has 2 aromatic carbocycles. The number of aryl methyl sites for hydroxylation is 1. The van der Waals surface area contributed by atoms with Crippen LogP contribution in [0, 0.1) is 6.92 Å². The van der Waals surface area contributed by atoms with Crippen molar-refractivity contribution in [2.24, 2.45) is 0 Å². The minimum Gasteiger partial charge on any atom is -0.325 e. The van der Waals surface area contributed by atoms with Gasteiger partial charge in [-0.1, -0.05) is 49.4 Å². The third kappa shape index (κ3) is 4.94. The van der Waals surface area contributed by atoms with Crippen molar-refractivity contribution in [1.29, 1.82) is 0 Å². The van der Waals surface area contributed by atoms with E-state index >= 15 is 0 Å². The molecule has 3 heteroatoms. The Balaban J connectivity index is 1.92. The van der Waals surface area contributed by atoms with Crippen molar-refractivity contribution in [3.8, 4) is 0 Å². The molecule has 1 atom stereocenters. The summed E-state index contributed by atoms with van der Waals surface area (Å²) in [5.74, 6) is 0.949. The Labute approximate surface area is 131 Å². The first-order valence-electron chi connectivity index (χ1n) is 7.22. The Kier molecular flexibility index (Phi) is 5.88. The normalized spacial score (nSPS) is 11.9. The van der Waals surface area contributed by atoms with E-state index < -0.39 is 0 Å². The fourth-order valence-corrected chi connectivity index (χ4v) is 3.13. The minimum atomic E-state index is -0.0225. The summed E-state index contributed by atoms with van der Waals surface area (Å²) in [6.45, 7) is 4.08. The van der Waals surface area contributed by atoms with Crippen LogP contribution < -0.4 is 5.32 Å². The number of nitrogens with one attached hydrogen (secondary N) is 1. The van der Waals surface area contributed by atoms with Crippen LogP contribution in [0.5, 0.6) is 0 Å². The predicted octanol–water partition coefficient (Wildman–Crippen LogP) is 4.65. The Hall–Kier alpha value is -1.74. The highest BCUT2D eigenvalue weighted by Gasteiger charge is 2.17. The van der Waals surface area contributed by atoms with Crippen LogP contribution in [0.3, 0.4) is 0 Å². The molecule has 0 spiro atoms. The largest absolute Gasteiger partial charge is 0.325 e. The first-order valence-corrected chi connectivity index (χ1v) is 8.27. The maximum Gasteiger partial charge on any atom is 0.237 e. The predicted molar refractivity (Wildman–Crippen MR) is 91.6 cm³/mol. The van der Waals surface area contributed by atoms with Crippen LogP contribution in [-0.4, -0.2) is 11.2 Å². The zero-order valence-electron chi connectivity index (χ0n) is 12.5. The van der Waals surface area contributed by atoms with Crippen LogP contribution in [0.25, 0.3) is 0 Å². The molecule has 2 aromatic rings. The molecule has 1 amide bonds. The van der Waals surface area contributed by atoms with E-state index in [9.17, 15) is 4.79 Å². The Morgan fingerprint density at radius 3 is 2.57 bits per heavy atom. The van der Waals surface area contributed by atoms with Crippen molar-refractivity contribution in [3.05, 3.63) is 65.7 Å². The van der Waals surface area contributed by atoms with Gasteiger partial charge in [0.1, 0.15) is 0 Å². The van der Waals surface area contributed by atoms with Gasteiger partial charge in [0, 0.05) is 11.4 Å². The highest BCUT2D eigenvalue weighted by atomic mass is 32.2. The number of hydrogen-bond donors (Lipinski definition) is 1. The maximum atomic E-state index is 12.3. The van der Waals surface area contributed by atoms with Crippen LogP contribution >= 0.6 is 11.8 Å². The highest BCUT2D eigenvalue weighted by Crippen LogP contribution is 2.22. The van der Waals surface area contributed by atoms with Crippen LogP contribution in [0.4, 0.5) is 5.69 Å². The van der Waals surface area contributed by atoms with Crippen molar-refractivity contribution >= 4 is 23.4 Å². The molecular weight excluding hydrogens is 278 g/mol. The van der Waals surface area contributed by atoms with Crippen LogP contribution in [-0.2, 0) is 10.5 Å². The first kappa shape index (κ1) is 15.6. The molecule has 0 saturated carbocycles. The van der Waals surface area contributed by atoms with Crippen LogP contribution in [0.2, 0.25) is 0 Å². The SMILES string of the molecule is CCC(SCc1ccccc1)C(=O)Nc1cccc(C)c1. The number of hydrogen-bond acceptors (Lipinski definition) is 2. The Bertz CT molecular complexity index is 583. The van der Waals surface area contributed by atoms with E-state index in [4.69, 9.17) is 0 Å². The maximum absolute atomic E-state index is 12.3. The molecular formula is C18H21NOS. The molecule has 2 nitrogen and oxygen atoms in total. The van der Waals surface area contributed by atoms with Gasteiger partial charge in [-0.3, -0.25) is 4.79 Å². The molecule has 0 bridgehead atoms. The van der Waals surface area contributed by atoms with Crippen molar-refractivity contribution < 1.29 is 4.79 Å². The Morgan fingerprint density at radius 1 is 1.14 bits per heavy atom. The molecule has 21 heavy (non-hydrogen) atoms. The van der Waals surface area contributed by atoms with E-state index in [1.54, 1.807) is 11.8 Å². The number of rotatable bonds is 6. The lowest BCUT2D eigenvalue weighted by atomic mass is 10.2. The van der Waals surface area contributed by atoms with Gasteiger partial charge in [0.15, 0.2) is 0 Å². The second-order valence-corrected chi connectivity index (χ2v) is 6.24. The third-order valence-corrected chi connectivity index (χ3v) is 4.69. The van der Waals surface area contributed by atoms with Crippen LogP contribution in [0.1, 0.15) is 24.5 Å². The average Bonchev–Trinajstić information content (AvgIpc) is 2.49. The number of amides is 1. The summed E-state index contributed by atoms with van der Waals surface area (Å²) in [7, 11) is 0. The fraction of sp³-hybridized carbons (Fsp3) is 0.278. The van der Waals surface area contributed by atoms with Gasteiger partial charge < -0.3 is 5.32 Å². The quantitative estimate of drug-likeness (QED) is 0.841. The standard InChI is InChI=1S/C18H21NOS/c1-3-17(21-13-15-9-5-4-6-10-15)18(20)19-16-11-7-8-14(2)12-16/h4-12,17H,3,13H2,1-2H3,(H,19,20). The second-order valence-electron chi connectivity index (χ2n) is 5.05. The first-order chi connectivity index (χ1) is 10.2. The van der Waals surface area contributed by atoms with E-state index in [0.29, 0.717) is 0 Å². The molecule has 110 valence electrons. The molecule has 0 radical (unpaired) electrons. The molecule has 2 rings (SSSR count). The molecule has 0 aliphatic carbocycles. The smallest absolute Gasteiger partial charge is 0.237 e. The van der Waals surface area contributed by atoms with Gasteiger partial charge in [-0.05, 0) is 36.6 Å². The van der Waals surface area contributed by atoms with Gasteiger partial charge in [0.2, 0.25) is 5.91 Å². The summed E-state index contributed by atoms with van der Waals surface area (Å²) in [6, 6.07) is 18.2. The zero-order chi connectivity index (χ0) is 15.1. The number of carbonyl (C=O) groups excluding carboxylic acids is 1. The number of thioether (sulfide) groups is 1. The van der Waals surface area contributed by atoms with E-state index in [2.05, 4.69) is 24.4 Å². The zero-order valence-corrected chi connectivity index (χ0v) is 13.3. The molecule has 0 aliphatic heterocycles. The second kappa shape index (κ2) is 7.89. The topological polar surface area (TPSA) is 29.1 Å². The van der Waals surface area contributed by atoms with Crippen molar-refractivity contribution in [2.45, 2.75) is 31.3 Å². The van der Waals surface area contributed by atoms with Gasteiger partial charge in [0.25, 0.3) is 0 Å². The number of benzene rings is 2. The lowest BCUT2D eigenvalue weighted by Crippen LogP contribution is -2.24. The van der Waals surface area contributed by atoms with Crippen molar-refractivity contribution in [2.75, 3.05) is 5.32 Å². The summed E-state index contributed by atoms with van der Waals surface area (Å²) in [5.41, 5.74) is 3.28. The summed E-state index contributed by atoms with van der Waals surface area (Å²) in [5, 5.41) is 2.99. The monoisotopic (exact) mass is 299 g/mol. The fourth-order valence-electron chi connectivity index (χ4n) is 2.10. The van der Waals surface area contributed by atoms with Crippen molar-refractivity contribution in [3.63, 3.8) is 0 Å². The highest BCUT2D eigenvalue weighted by molar-refractivity contribution is 7.99. The molecule has 0 saturated heterocycles. The van der Waals surface area contributed by atoms with Gasteiger partial charge >= 0.3 is 0 Å². The summed E-state index contributed by atoms with van der Waals surface area (Å²) < 4.78 is 0. The van der Waals surface area contributed by atoms with Gasteiger partial charge in [-0.2, -0.15) is 0 Å².